The molecule has 0 aromatic carbocycles. The van der Waals surface area contributed by atoms with Crippen molar-refractivity contribution in [1.29, 1.82) is 0 Å². The number of nitrogens with one attached hydrogen (secondary N) is 1. The number of hydrogen-bond acceptors (Lipinski definition) is 2. The Bertz CT molecular complexity index is 196. The van der Waals surface area contributed by atoms with Gasteiger partial charge in [-0.1, -0.05) is 11.6 Å². The number of aldehydes is 1. The van der Waals surface area contributed by atoms with Gasteiger partial charge in [0.15, 0.2) is 6.29 Å². The van der Waals surface area contributed by atoms with Gasteiger partial charge in [0.05, 0.1) is 6.33 Å². The molecule has 0 bridgehead atoms. The number of rotatable bonds is 1. The Balaban J connectivity index is 3.09. The summed E-state index contributed by atoms with van der Waals surface area (Å²) < 4.78 is 0. The predicted octanol–water partition coefficient (Wildman–Crippen LogP) is 0.876. The maximum atomic E-state index is 9.92. The van der Waals surface area contributed by atoms with Gasteiger partial charge >= 0.3 is 0 Å². The maximum Gasteiger partial charge on any atom is 0.171 e. The number of H-pyrrole nitrogens is 1. The molecular weight excluding hydrogens is 128 g/mol. The fourth-order valence-corrected chi connectivity index (χ4v) is 0.513. The molecule has 1 rings (SSSR count). The molecule has 0 aliphatic rings. The van der Waals surface area contributed by atoms with Gasteiger partial charge in [-0.05, 0) is 0 Å². The summed E-state index contributed by atoms with van der Waals surface area (Å²) >= 11 is 5.39. The van der Waals surface area contributed by atoms with Crippen LogP contribution in [0.2, 0.25) is 5.15 Å². The Morgan fingerprint density at radius 3 is 2.88 bits per heavy atom. The maximum absolute atomic E-state index is 9.92. The average Bonchev–Trinajstić information content (AvgIpc) is 2.14. The first-order chi connectivity index (χ1) is 3.84. The van der Waals surface area contributed by atoms with Gasteiger partial charge < -0.3 is 4.98 Å². The second-order valence-corrected chi connectivity index (χ2v) is 1.60. The first kappa shape index (κ1) is 5.31. The first-order valence-corrected chi connectivity index (χ1v) is 2.36. The molecule has 0 fully saturated rings. The van der Waals surface area contributed by atoms with Crippen LogP contribution in [0.15, 0.2) is 6.33 Å². The Kier molecular flexibility index (Phi) is 1.30. The van der Waals surface area contributed by atoms with E-state index in [1.165, 1.54) is 6.33 Å². The van der Waals surface area contributed by atoms with Crippen molar-refractivity contribution in [1.82, 2.24) is 9.97 Å². The standard InChI is InChI=1S/C4H3ClN2O/c5-4-3(1-8)6-2-7-4/h1-2H,(H,6,7). The summed E-state index contributed by atoms with van der Waals surface area (Å²) in [4.78, 5) is 16.0. The van der Waals surface area contributed by atoms with E-state index in [4.69, 9.17) is 11.6 Å². The van der Waals surface area contributed by atoms with Crippen molar-refractivity contribution >= 4 is 17.9 Å². The number of hydrogen-bond donors (Lipinski definition) is 1. The summed E-state index contributed by atoms with van der Waals surface area (Å²) in [5.41, 5.74) is 0.256. The first-order valence-electron chi connectivity index (χ1n) is 1.98. The van der Waals surface area contributed by atoms with Crippen LogP contribution in [0.3, 0.4) is 0 Å². The van der Waals surface area contributed by atoms with E-state index in [0.717, 1.165) is 0 Å². The van der Waals surface area contributed by atoms with E-state index in [0.29, 0.717) is 11.4 Å². The topological polar surface area (TPSA) is 45.8 Å². The quantitative estimate of drug-likeness (QED) is 0.574. The molecule has 0 radical (unpaired) electrons. The SMILES string of the molecule is O=Cc1nc[nH]c1Cl. The second-order valence-electron chi connectivity index (χ2n) is 1.22. The highest BCUT2D eigenvalue weighted by molar-refractivity contribution is 6.31. The lowest BCUT2D eigenvalue weighted by Gasteiger charge is -1.75. The molecule has 0 saturated heterocycles. The largest absolute Gasteiger partial charge is 0.335 e. The Hall–Kier alpha value is -0.830. The molecule has 0 saturated carbocycles. The monoisotopic (exact) mass is 130 g/mol. The molecule has 3 nitrogen and oxygen atoms in total. The van der Waals surface area contributed by atoms with Crippen LogP contribution in [-0.2, 0) is 0 Å². The number of halogens is 1. The minimum Gasteiger partial charge on any atom is -0.335 e. The number of nitrogens with zero attached hydrogens (tertiary/aromatic N) is 1. The summed E-state index contributed by atoms with van der Waals surface area (Å²) in [7, 11) is 0. The summed E-state index contributed by atoms with van der Waals surface area (Å²) in [6.45, 7) is 0. The minimum absolute atomic E-state index is 0.256. The van der Waals surface area contributed by atoms with E-state index in [-0.39, 0.29) is 5.69 Å². The zero-order valence-electron chi connectivity index (χ0n) is 3.89. The Morgan fingerprint density at radius 2 is 2.62 bits per heavy atom. The third kappa shape index (κ3) is 0.721. The molecule has 4 heteroatoms. The summed E-state index contributed by atoms with van der Waals surface area (Å²) in [5.74, 6) is 0. The van der Waals surface area contributed by atoms with Gasteiger partial charge in [0.2, 0.25) is 0 Å². The van der Waals surface area contributed by atoms with Gasteiger partial charge in [-0.2, -0.15) is 0 Å². The fraction of sp³-hybridized carbons (Fsp3) is 0. The fourth-order valence-electron chi connectivity index (χ4n) is 0.371. The van der Waals surface area contributed by atoms with Gasteiger partial charge in [-0.25, -0.2) is 4.98 Å². The molecule has 1 N–H and O–H groups in total. The van der Waals surface area contributed by atoms with Crippen molar-refractivity contribution < 1.29 is 4.79 Å². The van der Waals surface area contributed by atoms with Gasteiger partial charge in [-0.15, -0.1) is 0 Å². The van der Waals surface area contributed by atoms with Crippen molar-refractivity contribution in [3.63, 3.8) is 0 Å². The molecule has 1 aromatic heterocycles. The molecular formula is C4H3ClN2O. The second kappa shape index (κ2) is 1.96. The van der Waals surface area contributed by atoms with Crippen LogP contribution in [0.25, 0.3) is 0 Å². The number of aromatic nitrogens is 2. The highest BCUT2D eigenvalue weighted by atomic mass is 35.5. The van der Waals surface area contributed by atoms with Crippen molar-refractivity contribution in [2.24, 2.45) is 0 Å². The van der Waals surface area contributed by atoms with Crippen molar-refractivity contribution in [3.8, 4) is 0 Å². The van der Waals surface area contributed by atoms with Crippen LogP contribution in [0.1, 0.15) is 10.5 Å². The van der Waals surface area contributed by atoms with E-state index in [1.807, 2.05) is 0 Å². The lowest BCUT2D eigenvalue weighted by molar-refractivity contribution is 0.111. The average molecular weight is 131 g/mol. The van der Waals surface area contributed by atoms with Crippen molar-refractivity contribution in [2.45, 2.75) is 0 Å². The van der Waals surface area contributed by atoms with Gasteiger partial charge in [0.1, 0.15) is 10.8 Å². The lowest BCUT2D eigenvalue weighted by Crippen LogP contribution is -1.76. The smallest absolute Gasteiger partial charge is 0.171 e. The summed E-state index contributed by atoms with van der Waals surface area (Å²) in [5, 5.41) is 0.292. The molecule has 0 atom stereocenters. The van der Waals surface area contributed by atoms with Gasteiger partial charge in [0, 0.05) is 0 Å². The molecule has 0 amide bonds. The van der Waals surface area contributed by atoms with Crippen molar-refractivity contribution in [3.05, 3.63) is 17.2 Å². The Morgan fingerprint density at radius 1 is 1.88 bits per heavy atom. The van der Waals surface area contributed by atoms with Crippen molar-refractivity contribution in [2.75, 3.05) is 0 Å². The molecule has 42 valence electrons. The highest BCUT2D eigenvalue weighted by Crippen LogP contribution is 2.04. The highest BCUT2D eigenvalue weighted by Gasteiger charge is 1.96. The molecule has 0 aliphatic carbocycles. The van der Waals surface area contributed by atoms with Crippen LogP contribution < -0.4 is 0 Å². The van der Waals surface area contributed by atoms with E-state index < -0.39 is 0 Å². The molecule has 1 aromatic rings. The number of imidazole rings is 1. The molecule has 0 aliphatic heterocycles. The number of carbonyl (C=O) groups is 1. The molecule has 1 heterocycles. The van der Waals surface area contributed by atoms with E-state index in [9.17, 15) is 4.79 Å². The molecule has 0 spiro atoms. The predicted molar refractivity (Wildman–Crippen MR) is 29.0 cm³/mol. The summed E-state index contributed by atoms with van der Waals surface area (Å²) in [6.07, 6.45) is 1.96. The lowest BCUT2D eigenvalue weighted by atomic mass is 10.5. The van der Waals surface area contributed by atoms with E-state index in [1.54, 1.807) is 0 Å². The van der Waals surface area contributed by atoms with Crippen LogP contribution in [0.4, 0.5) is 0 Å². The third-order valence-electron chi connectivity index (χ3n) is 0.731. The Labute approximate surface area is 50.7 Å². The van der Waals surface area contributed by atoms with Crippen LogP contribution in [0.5, 0.6) is 0 Å². The minimum atomic E-state index is 0.256. The van der Waals surface area contributed by atoms with Crippen LogP contribution >= 0.6 is 11.6 Å². The summed E-state index contributed by atoms with van der Waals surface area (Å²) in [6, 6.07) is 0. The van der Waals surface area contributed by atoms with Gasteiger partial charge in [-0.3, -0.25) is 4.79 Å². The van der Waals surface area contributed by atoms with Crippen LogP contribution in [0, 0.1) is 0 Å². The van der Waals surface area contributed by atoms with Crippen LogP contribution in [-0.4, -0.2) is 16.3 Å². The molecule has 8 heavy (non-hydrogen) atoms. The third-order valence-corrected chi connectivity index (χ3v) is 1.03. The zero-order valence-corrected chi connectivity index (χ0v) is 4.64. The molecule has 0 unspecified atom stereocenters. The van der Waals surface area contributed by atoms with Gasteiger partial charge in [0.25, 0.3) is 0 Å². The zero-order chi connectivity index (χ0) is 5.98. The number of aromatic amines is 1. The van der Waals surface area contributed by atoms with E-state index in [2.05, 4.69) is 9.97 Å². The normalized spacial score (nSPS) is 9.12. The number of carbonyl (C=O) groups excluding carboxylic acids is 1. The van der Waals surface area contributed by atoms with E-state index >= 15 is 0 Å².